The summed E-state index contributed by atoms with van der Waals surface area (Å²) >= 11 is 7.47. The summed E-state index contributed by atoms with van der Waals surface area (Å²) in [7, 11) is 0. The highest BCUT2D eigenvalue weighted by molar-refractivity contribution is 7.15. The largest absolute Gasteiger partial charge is 0.327 e. The normalized spacial score (nSPS) is 17.4. The van der Waals surface area contributed by atoms with Crippen LogP contribution in [-0.4, -0.2) is 16.9 Å². The van der Waals surface area contributed by atoms with E-state index in [2.05, 4.69) is 10.3 Å². The first-order chi connectivity index (χ1) is 10.0. The quantitative estimate of drug-likeness (QED) is 0.892. The molecule has 0 radical (unpaired) electrons. The highest BCUT2D eigenvalue weighted by atomic mass is 35.5. The molecule has 0 saturated heterocycles. The summed E-state index contributed by atoms with van der Waals surface area (Å²) in [6.45, 7) is 1.89. The second-order valence-corrected chi connectivity index (χ2v) is 6.83. The van der Waals surface area contributed by atoms with Gasteiger partial charge in [0.15, 0.2) is 5.13 Å². The Bertz CT molecular complexity index is 698. The molecule has 1 aliphatic rings. The molecular formula is C15H16ClN3OS. The minimum absolute atomic E-state index is 0.176. The third kappa shape index (κ3) is 3.10. The van der Waals surface area contributed by atoms with Crippen LogP contribution in [0.1, 0.15) is 32.9 Å². The number of benzene rings is 1. The van der Waals surface area contributed by atoms with E-state index in [1.807, 2.05) is 13.0 Å². The Morgan fingerprint density at radius 1 is 1.52 bits per heavy atom. The molecule has 1 heterocycles. The predicted octanol–water partition coefficient (Wildman–Crippen LogP) is 3.17. The number of carbonyl (C=O) groups excluding carboxylic acids is 1. The molecule has 3 N–H and O–H groups in total. The van der Waals surface area contributed by atoms with Crippen LogP contribution in [0.5, 0.6) is 0 Å². The Morgan fingerprint density at radius 3 is 3.14 bits per heavy atom. The van der Waals surface area contributed by atoms with Gasteiger partial charge in [0.2, 0.25) is 0 Å². The lowest BCUT2D eigenvalue weighted by Gasteiger charge is -2.15. The van der Waals surface area contributed by atoms with E-state index in [0.29, 0.717) is 15.7 Å². The minimum Gasteiger partial charge on any atom is -0.327 e. The van der Waals surface area contributed by atoms with Gasteiger partial charge in [0.25, 0.3) is 5.91 Å². The van der Waals surface area contributed by atoms with Gasteiger partial charge in [-0.2, -0.15) is 0 Å². The summed E-state index contributed by atoms with van der Waals surface area (Å²) in [5.74, 6) is -0.176. The van der Waals surface area contributed by atoms with Crippen molar-refractivity contribution in [3.63, 3.8) is 0 Å². The molecule has 1 atom stereocenters. The zero-order chi connectivity index (χ0) is 15.0. The van der Waals surface area contributed by atoms with Crippen molar-refractivity contribution in [3.05, 3.63) is 44.9 Å². The van der Waals surface area contributed by atoms with E-state index in [1.165, 1.54) is 16.2 Å². The fraction of sp³-hybridized carbons (Fsp3) is 0.333. The molecule has 0 bridgehead atoms. The van der Waals surface area contributed by atoms with Crippen LogP contribution < -0.4 is 11.1 Å². The van der Waals surface area contributed by atoms with Gasteiger partial charge in [-0.15, -0.1) is 11.3 Å². The van der Waals surface area contributed by atoms with Gasteiger partial charge < -0.3 is 5.73 Å². The summed E-state index contributed by atoms with van der Waals surface area (Å²) in [6.07, 6.45) is 2.69. The molecule has 1 aromatic carbocycles. The van der Waals surface area contributed by atoms with Crippen molar-refractivity contribution in [1.82, 2.24) is 4.98 Å². The first-order valence-electron chi connectivity index (χ1n) is 6.84. The number of hydrogen-bond acceptors (Lipinski definition) is 4. The number of rotatable bonds is 2. The average Bonchev–Trinajstić information content (AvgIpc) is 2.82. The number of halogens is 1. The smallest absolute Gasteiger partial charge is 0.257 e. The highest BCUT2D eigenvalue weighted by Gasteiger charge is 2.21. The Labute approximate surface area is 132 Å². The monoisotopic (exact) mass is 321 g/mol. The highest BCUT2D eigenvalue weighted by Crippen LogP contribution is 2.29. The van der Waals surface area contributed by atoms with Crippen molar-refractivity contribution in [2.24, 2.45) is 5.73 Å². The van der Waals surface area contributed by atoms with E-state index in [9.17, 15) is 4.79 Å². The molecule has 21 heavy (non-hydrogen) atoms. The van der Waals surface area contributed by atoms with Crippen LogP contribution in [0.2, 0.25) is 5.02 Å². The molecule has 6 heteroatoms. The number of nitrogens with two attached hydrogens (primary N) is 1. The van der Waals surface area contributed by atoms with Gasteiger partial charge in [-0.25, -0.2) is 4.98 Å². The summed E-state index contributed by atoms with van der Waals surface area (Å²) in [6, 6.07) is 5.49. The number of nitrogens with one attached hydrogen (secondary N) is 1. The maximum atomic E-state index is 12.3. The maximum absolute atomic E-state index is 12.3. The number of carbonyl (C=O) groups is 1. The minimum atomic E-state index is -0.176. The fourth-order valence-corrected chi connectivity index (χ4v) is 3.73. The van der Waals surface area contributed by atoms with E-state index in [-0.39, 0.29) is 11.9 Å². The van der Waals surface area contributed by atoms with E-state index in [1.54, 1.807) is 12.1 Å². The number of anilines is 1. The maximum Gasteiger partial charge on any atom is 0.257 e. The zero-order valence-corrected chi connectivity index (χ0v) is 13.2. The molecule has 1 amide bonds. The van der Waals surface area contributed by atoms with E-state index >= 15 is 0 Å². The van der Waals surface area contributed by atoms with Crippen LogP contribution in [0.15, 0.2) is 18.2 Å². The van der Waals surface area contributed by atoms with Crippen molar-refractivity contribution in [2.45, 2.75) is 32.2 Å². The number of hydrogen-bond donors (Lipinski definition) is 2. The number of nitrogens with zero attached hydrogens (tertiary/aromatic N) is 1. The van der Waals surface area contributed by atoms with Crippen molar-refractivity contribution >= 4 is 34.0 Å². The average molecular weight is 322 g/mol. The van der Waals surface area contributed by atoms with Crippen molar-refractivity contribution < 1.29 is 4.79 Å². The Balaban J connectivity index is 1.80. The van der Waals surface area contributed by atoms with Gasteiger partial charge in [0.05, 0.1) is 5.69 Å². The lowest BCUT2D eigenvalue weighted by Crippen LogP contribution is -2.27. The lowest BCUT2D eigenvalue weighted by molar-refractivity contribution is 0.102. The first kappa shape index (κ1) is 14.5. The van der Waals surface area contributed by atoms with Gasteiger partial charge >= 0.3 is 0 Å². The molecule has 4 nitrogen and oxygen atoms in total. The molecule has 1 aliphatic carbocycles. The van der Waals surface area contributed by atoms with Crippen LogP contribution >= 0.6 is 22.9 Å². The summed E-state index contributed by atoms with van der Waals surface area (Å²) in [5.41, 5.74) is 8.50. The van der Waals surface area contributed by atoms with Gasteiger partial charge in [0.1, 0.15) is 0 Å². The van der Waals surface area contributed by atoms with Crippen LogP contribution in [0, 0.1) is 6.92 Å². The third-order valence-corrected chi connectivity index (χ3v) is 4.91. The molecule has 110 valence electrons. The molecule has 0 fully saturated rings. The Hall–Kier alpha value is -1.43. The molecule has 0 aliphatic heterocycles. The van der Waals surface area contributed by atoms with Crippen molar-refractivity contribution in [2.75, 3.05) is 5.32 Å². The molecule has 0 unspecified atom stereocenters. The molecular weight excluding hydrogens is 306 g/mol. The van der Waals surface area contributed by atoms with Gasteiger partial charge in [0, 0.05) is 21.5 Å². The van der Waals surface area contributed by atoms with E-state index < -0.39 is 0 Å². The number of thiazole rings is 1. The van der Waals surface area contributed by atoms with E-state index in [0.717, 1.165) is 30.5 Å². The number of fused-ring (bicyclic) bond motifs is 1. The van der Waals surface area contributed by atoms with Gasteiger partial charge in [-0.05, 0) is 43.9 Å². The summed E-state index contributed by atoms with van der Waals surface area (Å²) in [4.78, 5) is 18.0. The molecule has 2 aromatic rings. The van der Waals surface area contributed by atoms with Crippen LogP contribution in [0.25, 0.3) is 0 Å². The topological polar surface area (TPSA) is 68.0 Å². The number of amides is 1. The summed E-state index contributed by atoms with van der Waals surface area (Å²) in [5, 5.41) is 4.06. The van der Waals surface area contributed by atoms with Crippen LogP contribution in [-0.2, 0) is 12.8 Å². The van der Waals surface area contributed by atoms with Gasteiger partial charge in [-0.1, -0.05) is 17.7 Å². The number of aryl methyl sites for hydroxylation is 2. The van der Waals surface area contributed by atoms with Crippen LogP contribution in [0.4, 0.5) is 5.13 Å². The van der Waals surface area contributed by atoms with Crippen LogP contribution in [0.3, 0.4) is 0 Å². The Kier molecular flexibility index (Phi) is 3.97. The molecule has 3 rings (SSSR count). The second-order valence-electron chi connectivity index (χ2n) is 5.31. The van der Waals surface area contributed by atoms with Gasteiger partial charge in [-0.3, -0.25) is 10.1 Å². The second kappa shape index (κ2) is 5.75. The molecule has 0 spiro atoms. The first-order valence-corrected chi connectivity index (χ1v) is 8.04. The van der Waals surface area contributed by atoms with E-state index in [4.69, 9.17) is 17.3 Å². The molecule has 0 saturated carbocycles. The fourth-order valence-electron chi connectivity index (χ4n) is 2.46. The summed E-state index contributed by atoms with van der Waals surface area (Å²) < 4.78 is 0. The Morgan fingerprint density at radius 2 is 2.33 bits per heavy atom. The standard InChI is InChI=1S/C15H16ClN3OS/c1-8-2-3-9(16)6-11(8)14(20)19-15-18-12-5-4-10(17)7-13(12)21-15/h2-3,6,10H,4-5,7,17H2,1H3,(H,18,19,20)/t10-/m0/s1. The zero-order valence-electron chi connectivity index (χ0n) is 11.6. The van der Waals surface area contributed by atoms with Crippen molar-refractivity contribution in [3.8, 4) is 0 Å². The number of aromatic nitrogens is 1. The molecule has 1 aromatic heterocycles. The lowest BCUT2D eigenvalue weighted by atomic mass is 9.99. The van der Waals surface area contributed by atoms with Crippen molar-refractivity contribution in [1.29, 1.82) is 0 Å². The SMILES string of the molecule is Cc1ccc(Cl)cc1C(=O)Nc1nc2c(s1)C[C@@H](N)CC2. The third-order valence-electron chi connectivity index (χ3n) is 3.64. The predicted molar refractivity (Wildman–Crippen MR) is 86.3 cm³/mol.